The van der Waals surface area contributed by atoms with Crippen molar-refractivity contribution in [2.45, 2.75) is 38.8 Å². The molecule has 0 aliphatic rings. The van der Waals surface area contributed by atoms with Crippen LogP contribution in [0.1, 0.15) is 26.7 Å². The van der Waals surface area contributed by atoms with Gasteiger partial charge in [0.25, 0.3) is 0 Å². The summed E-state index contributed by atoms with van der Waals surface area (Å²) in [5.74, 6) is 2.41. The fraction of sp³-hybridized carbons (Fsp3) is 0.875. The Hall–Kier alpha value is 1.01. The van der Waals surface area contributed by atoms with Gasteiger partial charge in [-0.1, -0.05) is 20.3 Å². The summed E-state index contributed by atoms with van der Waals surface area (Å²) in [6.45, 7) is 4.51. The van der Waals surface area contributed by atoms with Crippen molar-refractivity contribution in [1.82, 2.24) is 0 Å². The van der Waals surface area contributed by atoms with Gasteiger partial charge in [0.1, 0.15) is 17.7 Å². The van der Waals surface area contributed by atoms with Crippen molar-refractivity contribution >= 4 is 39.8 Å². The van der Waals surface area contributed by atoms with Gasteiger partial charge in [-0.05, 0) is 30.3 Å². The standard InChI is InChI=1S/C8H19Cl2Si2/c1-3-4-7(2)8(5-11-9)6-12-10/h8H,3-6,11-12H2,1-2H3. The highest BCUT2D eigenvalue weighted by molar-refractivity contribution is 6.94. The fourth-order valence-corrected chi connectivity index (χ4v) is 5.75. The van der Waals surface area contributed by atoms with Crippen LogP contribution in [-0.2, 0) is 0 Å². The SMILES string of the molecule is CCC[C](C)C(C[SiH2]Cl)C[SiH2]Cl. The topological polar surface area (TPSA) is 0 Å². The van der Waals surface area contributed by atoms with Crippen LogP contribution in [0, 0.1) is 11.8 Å². The monoisotopic (exact) mass is 241 g/mol. The molecule has 0 saturated heterocycles. The van der Waals surface area contributed by atoms with Crippen LogP contribution in [0.2, 0.25) is 12.1 Å². The molecule has 0 aromatic rings. The summed E-state index contributed by atoms with van der Waals surface area (Å²) in [6, 6.07) is 2.51. The highest BCUT2D eigenvalue weighted by atomic mass is 35.6. The Morgan fingerprint density at radius 1 is 1.25 bits per heavy atom. The van der Waals surface area contributed by atoms with Gasteiger partial charge >= 0.3 is 0 Å². The summed E-state index contributed by atoms with van der Waals surface area (Å²) >= 11 is 11.7. The van der Waals surface area contributed by atoms with E-state index in [1.807, 2.05) is 0 Å². The first-order chi connectivity index (χ1) is 5.76. The first kappa shape index (κ1) is 13.0. The second-order valence-corrected chi connectivity index (χ2v) is 7.43. The molecule has 0 N–H and O–H groups in total. The van der Waals surface area contributed by atoms with Gasteiger partial charge in [-0.15, -0.1) is 0 Å². The van der Waals surface area contributed by atoms with Crippen molar-refractivity contribution in [3.63, 3.8) is 0 Å². The second-order valence-electron chi connectivity index (χ2n) is 3.25. The lowest BCUT2D eigenvalue weighted by Gasteiger charge is -2.20. The van der Waals surface area contributed by atoms with E-state index < -0.39 is 0 Å². The van der Waals surface area contributed by atoms with Gasteiger partial charge < -0.3 is 0 Å². The largest absolute Gasteiger partial charge is 0.176 e. The molecule has 0 unspecified atom stereocenters. The first-order valence-electron chi connectivity index (χ1n) is 4.70. The number of hydrogen-bond acceptors (Lipinski definition) is 0. The Balaban J connectivity index is 3.72. The van der Waals surface area contributed by atoms with Crippen molar-refractivity contribution in [2.75, 3.05) is 0 Å². The average Bonchev–Trinajstić information content (AvgIpc) is 2.04. The molecular weight excluding hydrogens is 223 g/mol. The predicted molar refractivity (Wildman–Crippen MR) is 65.7 cm³/mol. The molecule has 73 valence electrons. The molecule has 4 heteroatoms. The zero-order valence-electron chi connectivity index (χ0n) is 8.08. The zero-order chi connectivity index (χ0) is 9.40. The van der Waals surface area contributed by atoms with Crippen LogP contribution in [0.3, 0.4) is 0 Å². The number of hydrogen-bond donors (Lipinski definition) is 0. The van der Waals surface area contributed by atoms with E-state index in [-0.39, 0.29) is 17.7 Å². The van der Waals surface area contributed by atoms with Gasteiger partial charge in [0.2, 0.25) is 0 Å². The molecule has 0 heterocycles. The van der Waals surface area contributed by atoms with E-state index in [1.165, 1.54) is 24.9 Å². The van der Waals surface area contributed by atoms with Gasteiger partial charge in [-0.25, -0.2) is 0 Å². The summed E-state index contributed by atoms with van der Waals surface area (Å²) in [5, 5.41) is 0. The molecule has 0 aromatic carbocycles. The van der Waals surface area contributed by atoms with E-state index in [1.54, 1.807) is 5.92 Å². The Morgan fingerprint density at radius 3 is 2.08 bits per heavy atom. The van der Waals surface area contributed by atoms with Crippen LogP contribution in [0.15, 0.2) is 0 Å². The third-order valence-electron chi connectivity index (χ3n) is 2.26. The molecule has 0 rings (SSSR count). The van der Waals surface area contributed by atoms with Crippen LogP contribution in [-0.4, -0.2) is 17.7 Å². The molecule has 0 saturated carbocycles. The molecule has 0 spiro atoms. The van der Waals surface area contributed by atoms with Crippen molar-refractivity contribution in [3.05, 3.63) is 5.92 Å². The number of rotatable bonds is 7. The van der Waals surface area contributed by atoms with Crippen LogP contribution in [0.25, 0.3) is 0 Å². The Bertz CT molecular complexity index is 95.1. The predicted octanol–water partition coefficient (Wildman–Crippen LogP) is 2.48. The van der Waals surface area contributed by atoms with E-state index in [4.69, 9.17) is 22.2 Å². The molecule has 12 heavy (non-hydrogen) atoms. The number of halogens is 2. The normalized spacial score (nSPS) is 15.8. The maximum atomic E-state index is 5.87. The van der Waals surface area contributed by atoms with Crippen LogP contribution < -0.4 is 0 Å². The molecule has 0 bridgehead atoms. The molecule has 0 aromatic heterocycles. The summed E-state index contributed by atoms with van der Waals surface area (Å²) < 4.78 is 0. The van der Waals surface area contributed by atoms with Crippen LogP contribution >= 0.6 is 22.2 Å². The Kier molecular flexibility index (Phi) is 9.33. The molecule has 0 aliphatic carbocycles. The van der Waals surface area contributed by atoms with Crippen molar-refractivity contribution in [1.29, 1.82) is 0 Å². The smallest absolute Gasteiger partial charge is 0.125 e. The second kappa shape index (κ2) is 8.60. The van der Waals surface area contributed by atoms with Gasteiger partial charge in [-0.3, -0.25) is 0 Å². The van der Waals surface area contributed by atoms with E-state index in [0.29, 0.717) is 0 Å². The molecule has 0 nitrogen and oxygen atoms in total. The minimum Gasteiger partial charge on any atom is -0.176 e. The quantitative estimate of drug-likeness (QED) is 0.475. The van der Waals surface area contributed by atoms with Gasteiger partial charge in [0, 0.05) is 0 Å². The minimum atomic E-state index is -0.299. The maximum Gasteiger partial charge on any atom is 0.125 e. The summed E-state index contributed by atoms with van der Waals surface area (Å²) in [5.41, 5.74) is 0. The molecule has 0 aliphatic heterocycles. The van der Waals surface area contributed by atoms with Crippen molar-refractivity contribution < 1.29 is 0 Å². The molecule has 0 atom stereocenters. The average molecular weight is 242 g/mol. The molecule has 1 radical (unpaired) electrons. The van der Waals surface area contributed by atoms with E-state index >= 15 is 0 Å². The van der Waals surface area contributed by atoms with Crippen LogP contribution in [0.5, 0.6) is 0 Å². The highest BCUT2D eigenvalue weighted by Crippen LogP contribution is 2.26. The molecular formula is C8H19Cl2Si2. The molecule has 0 amide bonds. The van der Waals surface area contributed by atoms with Crippen LogP contribution in [0.4, 0.5) is 0 Å². The van der Waals surface area contributed by atoms with Gasteiger partial charge in [0.15, 0.2) is 0 Å². The highest BCUT2D eigenvalue weighted by Gasteiger charge is 2.15. The Morgan fingerprint density at radius 2 is 1.75 bits per heavy atom. The lowest BCUT2D eigenvalue weighted by atomic mass is 9.93. The van der Waals surface area contributed by atoms with Crippen molar-refractivity contribution in [2.24, 2.45) is 5.92 Å². The zero-order valence-corrected chi connectivity index (χ0v) is 12.4. The third-order valence-corrected chi connectivity index (χ3v) is 5.40. The van der Waals surface area contributed by atoms with E-state index in [0.717, 1.165) is 5.92 Å². The molecule has 0 fully saturated rings. The van der Waals surface area contributed by atoms with Crippen molar-refractivity contribution in [3.8, 4) is 0 Å². The summed E-state index contributed by atoms with van der Waals surface area (Å²) in [7, 11) is -0.597. The summed E-state index contributed by atoms with van der Waals surface area (Å²) in [4.78, 5) is 0. The maximum absolute atomic E-state index is 5.87. The van der Waals surface area contributed by atoms with Gasteiger partial charge in [-0.2, -0.15) is 22.2 Å². The lowest BCUT2D eigenvalue weighted by molar-refractivity contribution is 0.597. The lowest BCUT2D eigenvalue weighted by Crippen LogP contribution is -2.11. The van der Waals surface area contributed by atoms with E-state index in [9.17, 15) is 0 Å². The van der Waals surface area contributed by atoms with Gasteiger partial charge in [0.05, 0.1) is 0 Å². The van der Waals surface area contributed by atoms with E-state index in [2.05, 4.69) is 13.8 Å². The first-order valence-corrected chi connectivity index (χ1v) is 11.0. The fourth-order valence-electron chi connectivity index (χ4n) is 1.50. The Labute approximate surface area is 90.5 Å². The minimum absolute atomic E-state index is 0.299. The summed E-state index contributed by atoms with van der Waals surface area (Å²) in [6.07, 6.45) is 2.53. The third kappa shape index (κ3) is 5.62.